The summed E-state index contributed by atoms with van der Waals surface area (Å²) >= 11 is 0. The summed E-state index contributed by atoms with van der Waals surface area (Å²) in [5.74, 6) is 1.61. The predicted molar refractivity (Wildman–Crippen MR) is 93.2 cm³/mol. The van der Waals surface area contributed by atoms with Crippen molar-refractivity contribution in [3.63, 3.8) is 0 Å². The molecule has 1 aliphatic heterocycles. The number of aromatic nitrogens is 2. The van der Waals surface area contributed by atoms with Gasteiger partial charge in [0.15, 0.2) is 11.5 Å². The maximum Gasteiger partial charge on any atom is 0.309 e. The second-order valence-corrected chi connectivity index (χ2v) is 6.88. The van der Waals surface area contributed by atoms with Crippen molar-refractivity contribution in [2.24, 2.45) is 0 Å². The summed E-state index contributed by atoms with van der Waals surface area (Å²) in [7, 11) is 0. The highest BCUT2D eigenvalue weighted by molar-refractivity contribution is 5.89. The average molecular weight is 357 g/mol. The molecule has 2 heterocycles. The van der Waals surface area contributed by atoms with Gasteiger partial charge in [-0.15, -0.1) is 10.2 Å². The van der Waals surface area contributed by atoms with Crippen molar-refractivity contribution in [3.8, 4) is 11.5 Å². The van der Waals surface area contributed by atoms with E-state index in [2.05, 4.69) is 15.5 Å². The number of nitrogens with zero attached hydrogens (tertiary/aromatic N) is 2. The van der Waals surface area contributed by atoms with Gasteiger partial charge >= 0.3 is 11.8 Å². The quantitative estimate of drug-likeness (QED) is 0.904. The lowest BCUT2D eigenvalue weighted by Gasteiger charge is -2.19. The SMILES string of the molecule is O=C(NC1CCCCCCC1)c1nnc(Cc2ccc3c(c2)OCO3)o1. The number of ether oxygens (including phenoxy) is 2. The molecule has 0 bridgehead atoms. The van der Waals surface area contributed by atoms with Gasteiger partial charge in [-0.3, -0.25) is 4.79 Å². The van der Waals surface area contributed by atoms with Crippen LogP contribution in [0.2, 0.25) is 0 Å². The Bertz CT molecular complexity index is 766. The van der Waals surface area contributed by atoms with E-state index in [-0.39, 0.29) is 24.6 Å². The third-order valence-electron chi connectivity index (χ3n) is 4.89. The molecular weight excluding hydrogens is 334 g/mol. The molecule has 1 amide bonds. The van der Waals surface area contributed by atoms with Crippen LogP contribution >= 0.6 is 0 Å². The van der Waals surface area contributed by atoms with Gasteiger partial charge in [0.1, 0.15) is 0 Å². The lowest BCUT2D eigenvalue weighted by Crippen LogP contribution is -2.35. The minimum atomic E-state index is -0.278. The van der Waals surface area contributed by atoms with E-state index in [4.69, 9.17) is 13.9 Å². The van der Waals surface area contributed by atoms with Crippen molar-refractivity contribution < 1.29 is 18.7 Å². The zero-order chi connectivity index (χ0) is 17.8. The van der Waals surface area contributed by atoms with Crippen molar-refractivity contribution in [1.29, 1.82) is 0 Å². The van der Waals surface area contributed by atoms with Crippen LogP contribution in [0, 0.1) is 0 Å². The molecule has 0 unspecified atom stereocenters. The van der Waals surface area contributed by atoms with Crippen LogP contribution in [0.5, 0.6) is 11.5 Å². The molecule has 1 fully saturated rings. The topological polar surface area (TPSA) is 86.5 Å². The third kappa shape index (κ3) is 3.98. The summed E-state index contributed by atoms with van der Waals surface area (Å²) in [5.41, 5.74) is 0.963. The zero-order valence-electron chi connectivity index (χ0n) is 14.7. The molecule has 7 heteroatoms. The van der Waals surface area contributed by atoms with Crippen molar-refractivity contribution in [3.05, 3.63) is 35.5 Å². The highest BCUT2D eigenvalue weighted by Crippen LogP contribution is 2.33. The second-order valence-electron chi connectivity index (χ2n) is 6.88. The molecule has 7 nitrogen and oxygen atoms in total. The normalized spacial score (nSPS) is 17.5. The third-order valence-corrected chi connectivity index (χ3v) is 4.89. The fraction of sp³-hybridized carbons (Fsp3) is 0.526. The first-order chi connectivity index (χ1) is 12.8. The molecule has 26 heavy (non-hydrogen) atoms. The lowest BCUT2D eigenvalue weighted by molar-refractivity contribution is 0.0893. The van der Waals surface area contributed by atoms with E-state index in [0.717, 1.165) is 37.0 Å². The zero-order valence-corrected chi connectivity index (χ0v) is 14.7. The Morgan fingerprint density at radius 3 is 2.65 bits per heavy atom. The smallest absolute Gasteiger partial charge is 0.309 e. The molecular formula is C19H23N3O4. The Morgan fingerprint density at radius 2 is 1.81 bits per heavy atom. The summed E-state index contributed by atoms with van der Waals surface area (Å²) in [6, 6.07) is 5.87. The maximum absolute atomic E-state index is 12.4. The summed E-state index contributed by atoms with van der Waals surface area (Å²) in [6.07, 6.45) is 8.58. The average Bonchev–Trinajstić information content (AvgIpc) is 3.26. The van der Waals surface area contributed by atoms with Crippen molar-refractivity contribution in [2.45, 2.75) is 57.4 Å². The number of carbonyl (C=O) groups is 1. The number of carbonyl (C=O) groups excluding carboxylic acids is 1. The van der Waals surface area contributed by atoms with Gasteiger partial charge in [0.05, 0.1) is 6.42 Å². The number of hydrogen-bond donors (Lipinski definition) is 1. The summed E-state index contributed by atoms with van der Waals surface area (Å²) in [4.78, 5) is 12.4. The molecule has 0 radical (unpaired) electrons. The van der Waals surface area contributed by atoms with Crippen LogP contribution in [0.1, 0.15) is 67.1 Å². The van der Waals surface area contributed by atoms with Gasteiger partial charge in [0.25, 0.3) is 0 Å². The van der Waals surface area contributed by atoms with Gasteiger partial charge in [-0.1, -0.05) is 38.2 Å². The van der Waals surface area contributed by atoms with Crippen molar-refractivity contribution >= 4 is 5.91 Å². The fourth-order valence-corrected chi connectivity index (χ4v) is 3.49. The first-order valence-corrected chi connectivity index (χ1v) is 9.30. The number of nitrogens with one attached hydrogen (secondary N) is 1. The van der Waals surface area contributed by atoms with E-state index in [9.17, 15) is 4.79 Å². The Hall–Kier alpha value is -2.57. The first-order valence-electron chi connectivity index (χ1n) is 9.30. The van der Waals surface area contributed by atoms with E-state index in [1.165, 1.54) is 19.3 Å². The van der Waals surface area contributed by atoms with E-state index in [1.807, 2.05) is 18.2 Å². The molecule has 1 N–H and O–H groups in total. The van der Waals surface area contributed by atoms with E-state index in [1.54, 1.807) is 0 Å². The van der Waals surface area contributed by atoms with Crippen LogP contribution in [0.15, 0.2) is 22.6 Å². The van der Waals surface area contributed by atoms with Crippen LogP contribution in [-0.2, 0) is 6.42 Å². The molecule has 1 aromatic carbocycles. The molecule has 0 spiro atoms. The lowest BCUT2D eigenvalue weighted by atomic mass is 9.97. The van der Waals surface area contributed by atoms with Crippen LogP contribution in [0.3, 0.4) is 0 Å². The first kappa shape index (κ1) is 16.9. The Balaban J connectivity index is 1.37. The minimum Gasteiger partial charge on any atom is -0.454 e. The van der Waals surface area contributed by atoms with Gasteiger partial charge in [0.2, 0.25) is 12.7 Å². The van der Waals surface area contributed by atoms with Crippen LogP contribution < -0.4 is 14.8 Å². The Kier molecular flexibility index (Phi) is 5.04. The molecule has 1 saturated carbocycles. The van der Waals surface area contributed by atoms with Gasteiger partial charge < -0.3 is 19.2 Å². The summed E-state index contributed by atoms with van der Waals surface area (Å²) in [6.45, 7) is 0.241. The fourth-order valence-electron chi connectivity index (χ4n) is 3.49. The molecule has 2 aromatic rings. The molecule has 138 valence electrons. The molecule has 2 aliphatic rings. The van der Waals surface area contributed by atoms with E-state index >= 15 is 0 Å². The highest BCUT2D eigenvalue weighted by Gasteiger charge is 2.20. The molecule has 4 rings (SSSR count). The van der Waals surface area contributed by atoms with Gasteiger partial charge in [0, 0.05) is 6.04 Å². The van der Waals surface area contributed by atoms with Crippen LogP contribution in [0.4, 0.5) is 0 Å². The summed E-state index contributed by atoms with van der Waals surface area (Å²) < 4.78 is 16.2. The van der Waals surface area contributed by atoms with Crippen LogP contribution in [-0.4, -0.2) is 28.9 Å². The second kappa shape index (κ2) is 7.76. The van der Waals surface area contributed by atoms with E-state index < -0.39 is 0 Å². The number of hydrogen-bond acceptors (Lipinski definition) is 6. The van der Waals surface area contributed by atoms with Crippen LogP contribution in [0.25, 0.3) is 0 Å². The number of rotatable bonds is 4. The standard InChI is InChI=1S/C19H23N3O4/c23-18(20-14-6-4-2-1-3-5-7-14)19-22-21-17(26-19)11-13-8-9-15-16(10-13)25-12-24-15/h8-10,14H,1-7,11-12H2,(H,20,23). The minimum absolute atomic E-state index is 0.0304. The largest absolute Gasteiger partial charge is 0.454 e. The monoisotopic (exact) mass is 357 g/mol. The van der Waals surface area contributed by atoms with Gasteiger partial charge in [-0.2, -0.15) is 0 Å². The maximum atomic E-state index is 12.4. The summed E-state index contributed by atoms with van der Waals surface area (Å²) in [5, 5.41) is 11.0. The number of benzene rings is 1. The van der Waals surface area contributed by atoms with Gasteiger partial charge in [-0.05, 0) is 30.5 Å². The molecule has 1 aromatic heterocycles. The molecule has 1 aliphatic carbocycles. The Morgan fingerprint density at radius 1 is 1.04 bits per heavy atom. The van der Waals surface area contributed by atoms with E-state index in [0.29, 0.717) is 18.1 Å². The Labute approximate surface area is 152 Å². The molecule has 0 atom stereocenters. The predicted octanol–water partition coefficient (Wildman–Crippen LogP) is 3.23. The van der Waals surface area contributed by atoms with Gasteiger partial charge in [-0.25, -0.2) is 0 Å². The molecule has 0 saturated heterocycles. The number of fused-ring (bicyclic) bond motifs is 1. The van der Waals surface area contributed by atoms with Crippen molar-refractivity contribution in [2.75, 3.05) is 6.79 Å². The number of amides is 1. The van der Waals surface area contributed by atoms with Crippen molar-refractivity contribution in [1.82, 2.24) is 15.5 Å². The highest BCUT2D eigenvalue weighted by atomic mass is 16.7.